The van der Waals surface area contributed by atoms with E-state index in [2.05, 4.69) is 22.8 Å². The molecule has 0 aliphatic heterocycles. The van der Waals surface area contributed by atoms with Crippen LogP contribution in [0.3, 0.4) is 0 Å². The first kappa shape index (κ1) is 24.6. The molecule has 2 aliphatic carbocycles. The van der Waals surface area contributed by atoms with E-state index in [1.54, 1.807) is 20.8 Å². The summed E-state index contributed by atoms with van der Waals surface area (Å²) in [6.45, 7) is 5.71. The molecule has 0 saturated heterocycles. The van der Waals surface area contributed by atoms with Crippen LogP contribution < -0.4 is 10.6 Å². The van der Waals surface area contributed by atoms with Crippen molar-refractivity contribution in [2.24, 2.45) is 5.92 Å². The second-order valence-electron chi connectivity index (χ2n) is 10.3. The van der Waals surface area contributed by atoms with Crippen LogP contribution >= 0.6 is 0 Å². The third kappa shape index (κ3) is 5.42. The number of hydrogen-bond donors (Lipinski definition) is 3. The van der Waals surface area contributed by atoms with Gasteiger partial charge in [0.05, 0.1) is 0 Å². The van der Waals surface area contributed by atoms with E-state index in [1.807, 2.05) is 36.4 Å². The number of ether oxygens (including phenoxy) is 2. The van der Waals surface area contributed by atoms with Gasteiger partial charge in [0.1, 0.15) is 17.7 Å². The van der Waals surface area contributed by atoms with Crippen molar-refractivity contribution < 1.29 is 29.0 Å². The van der Waals surface area contributed by atoms with Crippen molar-refractivity contribution >= 4 is 18.2 Å². The molecule has 8 heteroatoms. The maximum atomic E-state index is 12.7. The number of hydrogen-bond acceptors (Lipinski definition) is 5. The lowest BCUT2D eigenvalue weighted by molar-refractivity contribution is -0.144. The number of fused-ring (bicyclic) bond motifs is 3. The van der Waals surface area contributed by atoms with E-state index in [0.717, 1.165) is 22.3 Å². The summed E-state index contributed by atoms with van der Waals surface area (Å²) in [4.78, 5) is 36.8. The molecular weight excluding hydrogens is 448 g/mol. The van der Waals surface area contributed by atoms with Gasteiger partial charge in [-0.1, -0.05) is 48.5 Å². The first-order valence-corrected chi connectivity index (χ1v) is 11.9. The molecule has 0 radical (unpaired) electrons. The Balaban J connectivity index is 1.36. The van der Waals surface area contributed by atoms with Crippen molar-refractivity contribution in [3.8, 4) is 11.1 Å². The fourth-order valence-electron chi connectivity index (χ4n) is 5.05. The highest BCUT2D eigenvalue weighted by Crippen LogP contribution is 2.44. The van der Waals surface area contributed by atoms with Crippen LogP contribution in [0.25, 0.3) is 11.1 Å². The molecule has 0 heterocycles. The van der Waals surface area contributed by atoms with Crippen LogP contribution in [-0.2, 0) is 14.3 Å². The van der Waals surface area contributed by atoms with Crippen molar-refractivity contribution in [3.63, 3.8) is 0 Å². The van der Waals surface area contributed by atoms with E-state index in [-0.39, 0.29) is 37.8 Å². The lowest BCUT2D eigenvalue weighted by Gasteiger charge is -2.26. The predicted octanol–water partition coefficient (Wildman–Crippen LogP) is 4.67. The average molecular weight is 481 g/mol. The molecule has 3 N–H and O–H groups in total. The molecule has 2 aromatic rings. The monoisotopic (exact) mass is 480 g/mol. The van der Waals surface area contributed by atoms with E-state index in [0.29, 0.717) is 6.42 Å². The molecule has 1 fully saturated rings. The zero-order valence-corrected chi connectivity index (χ0v) is 20.3. The first-order valence-electron chi connectivity index (χ1n) is 11.9. The number of amides is 2. The molecule has 2 aromatic carbocycles. The van der Waals surface area contributed by atoms with Crippen LogP contribution in [0.1, 0.15) is 57.1 Å². The maximum absolute atomic E-state index is 12.7. The minimum absolute atomic E-state index is 0.104. The molecule has 8 nitrogen and oxygen atoms in total. The standard InChI is InChI=1S/C27H32N2O6/c1-26(2,3)35-24(32)28-15-17-12-13-27(14-17,23(30)31)29-25(33)34-16-22-20-10-6-4-8-18(20)19-9-5-7-11-21(19)22/h4-11,17,22H,12-16H2,1-3H3,(H,28,32)(H,29,33)(H,30,31)/t17-,27+/m0/s1. The second-order valence-corrected chi connectivity index (χ2v) is 10.3. The van der Waals surface area contributed by atoms with Crippen LogP contribution in [0, 0.1) is 5.92 Å². The molecule has 0 spiro atoms. The van der Waals surface area contributed by atoms with Crippen molar-refractivity contribution in [1.82, 2.24) is 10.6 Å². The van der Waals surface area contributed by atoms with E-state index < -0.39 is 29.3 Å². The minimum atomic E-state index is -1.43. The van der Waals surface area contributed by atoms with Gasteiger partial charge in [0.25, 0.3) is 0 Å². The fraction of sp³-hybridized carbons (Fsp3) is 0.444. The highest BCUT2D eigenvalue weighted by molar-refractivity contribution is 5.85. The Kier molecular flexibility index (Phi) is 6.74. The molecule has 2 amide bonds. The molecule has 2 atom stereocenters. The van der Waals surface area contributed by atoms with E-state index in [9.17, 15) is 19.5 Å². The molecule has 1 saturated carbocycles. The first-order chi connectivity index (χ1) is 16.6. The van der Waals surface area contributed by atoms with Gasteiger partial charge in [-0.3, -0.25) is 0 Å². The quantitative estimate of drug-likeness (QED) is 0.554. The predicted molar refractivity (Wildman–Crippen MR) is 130 cm³/mol. The maximum Gasteiger partial charge on any atom is 0.408 e. The number of benzene rings is 2. The van der Waals surface area contributed by atoms with Gasteiger partial charge in [-0.25, -0.2) is 14.4 Å². The van der Waals surface area contributed by atoms with Gasteiger partial charge in [0.2, 0.25) is 0 Å². The van der Waals surface area contributed by atoms with Gasteiger partial charge in [-0.15, -0.1) is 0 Å². The summed E-state index contributed by atoms with van der Waals surface area (Å²) in [7, 11) is 0. The molecule has 0 aromatic heterocycles. The Morgan fingerprint density at radius 1 is 1.00 bits per heavy atom. The van der Waals surface area contributed by atoms with Gasteiger partial charge in [0.15, 0.2) is 0 Å². The number of nitrogens with one attached hydrogen (secondary N) is 2. The number of alkyl carbamates (subject to hydrolysis) is 2. The highest BCUT2D eigenvalue weighted by Gasteiger charge is 2.47. The van der Waals surface area contributed by atoms with Crippen molar-refractivity contribution in [3.05, 3.63) is 59.7 Å². The number of aliphatic carboxylic acids is 1. The molecule has 186 valence electrons. The van der Waals surface area contributed by atoms with Crippen molar-refractivity contribution in [2.75, 3.05) is 13.2 Å². The van der Waals surface area contributed by atoms with Crippen LogP contribution in [0.15, 0.2) is 48.5 Å². The normalized spacial score (nSPS) is 21.1. The number of carbonyl (C=O) groups is 3. The van der Waals surface area contributed by atoms with Gasteiger partial charge < -0.3 is 25.2 Å². The zero-order chi connectivity index (χ0) is 25.2. The number of carboxylic acid groups (broad SMARTS) is 1. The third-order valence-corrected chi connectivity index (χ3v) is 6.64. The van der Waals surface area contributed by atoms with E-state index in [1.165, 1.54) is 0 Å². The topological polar surface area (TPSA) is 114 Å². The SMILES string of the molecule is CC(C)(C)OC(=O)NC[C@H]1CC[C@](NC(=O)OCC2c3ccccc3-c3ccccc32)(C(=O)O)C1. The van der Waals surface area contributed by atoms with Crippen LogP contribution in [0.2, 0.25) is 0 Å². The summed E-state index contributed by atoms with van der Waals surface area (Å²) in [5.74, 6) is -1.32. The van der Waals surface area contributed by atoms with Gasteiger partial charge in [-0.05, 0) is 68.2 Å². The Hall–Kier alpha value is -3.55. The lowest BCUT2D eigenvalue weighted by Crippen LogP contribution is -2.53. The molecule has 0 unspecified atom stereocenters. The Bertz CT molecular complexity index is 1080. The Morgan fingerprint density at radius 3 is 2.17 bits per heavy atom. The number of rotatable bonds is 6. The largest absolute Gasteiger partial charge is 0.480 e. The fourth-order valence-corrected chi connectivity index (χ4v) is 5.05. The average Bonchev–Trinajstić information content (AvgIpc) is 3.35. The van der Waals surface area contributed by atoms with Gasteiger partial charge in [-0.2, -0.15) is 0 Å². The molecule has 2 aliphatic rings. The Morgan fingerprint density at radius 2 is 1.60 bits per heavy atom. The summed E-state index contributed by atoms with van der Waals surface area (Å²) in [5, 5.41) is 15.2. The summed E-state index contributed by atoms with van der Waals surface area (Å²) < 4.78 is 10.8. The molecule has 4 rings (SSSR count). The van der Waals surface area contributed by atoms with Crippen molar-refractivity contribution in [2.45, 2.75) is 57.1 Å². The highest BCUT2D eigenvalue weighted by atomic mass is 16.6. The summed E-state index contributed by atoms with van der Waals surface area (Å²) >= 11 is 0. The zero-order valence-electron chi connectivity index (χ0n) is 20.3. The lowest BCUT2D eigenvalue weighted by atomic mass is 9.96. The summed E-state index contributed by atoms with van der Waals surface area (Å²) in [5.41, 5.74) is 2.37. The minimum Gasteiger partial charge on any atom is -0.480 e. The van der Waals surface area contributed by atoms with E-state index >= 15 is 0 Å². The smallest absolute Gasteiger partial charge is 0.408 e. The molecule has 0 bridgehead atoms. The van der Waals surface area contributed by atoms with E-state index in [4.69, 9.17) is 9.47 Å². The molecular formula is C27H32N2O6. The van der Waals surface area contributed by atoms with Crippen molar-refractivity contribution in [1.29, 1.82) is 0 Å². The molecule has 35 heavy (non-hydrogen) atoms. The summed E-state index contributed by atoms with van der Waals surface area (Å²) in [6.07, 6.45) is -0.300. The Labute approximate surface area is 205 Å². The number of carboxylic acids is 1. The van der Waals surface area contributed by atoms with Gasteiger partial charge in [0, 0.05) is 12.5 Å². The summed E-state index contributed by atoms with van der Waals surface area (Å²) in [6, 6.07) is 16.0. The number of carbonyl (C=O) groups excluding carboxylic acids is 2. The second kappa shape index (κ2) is 9.60. The van der Waals surface area contributed by atoms with Crippen LogP contribution in [0.5, 0.6) is 0 Å². The van der Waals surface area contributed by atoms with Gasteiger partial charge >= 0.3 is 18.2 Å². The third-order valence-electron chi connectivity index (χ3n) is 6.64. The van der Waals surface area contributed by atoms with Crippen LogP contribution in [-0.4, -0.2) is 47.6 Å². The van der Waals surface area contributed by atoms with Crippen LogP contribution in [0.4, 0.5) is 9.59 Å².